The molecule has 8 heteroatoms. The third kappa shape index (κ3) is 6.74. The van der Waals surface area contributed by atoms with Crippen LogP contribution in [0.25, 0.3) is 0 Å². The summed E-state index contributed by atoms with van der Waals surface area (Å²) < 4.78 is 41.5. The molecule has 1 atom stereocenters. The molecule has 1 unspecified atom stereocenters. The molecule has 1 saturated heterocycles. The molecule has 1 heterocycles. The maximum atomic E-state index is 12.5. The van der Waals surface area contributed by atoms with Crippen LogP contribution >= 0.6 is 0 Å². The molecule has 1 aromatic rings. The molecule has 1 aromatic carbocycles. The fraction of sp³-hybridized carbons (Fsp3) is 0.611. The van der Waals surface area contributed by atoms with E-state index in [0.29, 0.717) is 17.4 Å². The summed E-state index contributed by atoms with van der Waals surface area (Å²) in [5.41, 5.74) is 0.419. The van der Waals surface area contributed by atoms with Crippen LogP contribution in [-0.4, -0.2) is 50.4 Å². The molecule has 5 nitrogen and oxygen atoms in total. The molecule has 1 aliphatic heterocycles. The van der Waals surface area contributed by atoms with Crippen LogP contribution < -0.4 is 15.4 Å². The van der Waals surface area contributed by atoms with Gasteiger partial charge >= 0.3 is 6.36 Å². The van der Waals surface area contributed by atoms with E-state index in [0.717, 1.165) is 39.0 Å². The minimum Gasteiger partial charge on any atom is -0.405 e. The highest BCUT2D eigenvalue weighted by atomic mass is 19.4. The van der Waals surface area contributed by atoms with Crippen molar-refractivity contribution >= 4 is 5.96 Å². The number of ether oxygens (including phenoxy) is 1. The molecule has 0 bridgehead atoms. The quantitative estimate of drug-likeness (QED) is 0.571. The molecule has 0 spiro atoms. The number of likely N-dealkylation sites (tertiary alicyclic amines) is 1. The molecular weight excluding hydrogens is 345 g/mol. The number of halogens is 3. The Kier molecular flexibility index (Phi) is 7.56. The number of hydrogen-bond donors (Lipinski definition) is 2. The summed E-state index contributed by atoms with van der Waals surface area (Å²) in [4.78, 5) is 6.59. The molecule has 2 N–H and O–H groups in total. The van der Waals surface area contributed by atoms with Crippen LogP contribution in [0, 0.1) is 5.92 Å². The SMILES string of the molecule is CCCN1CCC(CNC(=NC)NCc2ccccc2OC(F)(F)F)C1. The lowest BCUT2D eigenvalue weighted by molar-refractivity contribution is -0.274. The first-order valence-electron chi connectivity index (χ1n) is 8.91. The second kappa shape index (κ2) is 9.66. The zero-order valence-corrected chi connectivity index (χ0v) is 15.3. The van der Waals surface area contributed by atoms with Crippen molar-refractivity contribution in [2.24, 2.45) is 10.9 Å². The lowest BCUT2D eigenvalue weighted by atomic mass is 10.1. The van der Waals surface area contributed by atoms with Gasteiger partial charge in [0.1, 0.15) is 5.75 Å². The van der Waals surface area contributed by atoms with Crippen molar-refractivity contribution in [1.82, 2.24) is 15.5 Å². The molecule has 0 radical (unpaired) electrons. The second-order valence-corrected chi connectivity index (χ2v) is 6.42. The fourth-order valence-electron chi connectivity index (χ4n) is 3.11. The molecule has 146 valence electrons. The number of alkyl halides is 3. The van der Waals surface area contributed by atoms with E-state index in [4.69, 9.17) is 0 Å². The maximum Gasteiger partial charge on any atom is 0.573 e. The Morgan fingerprint density at radius 1 is 1.31 bits per heavy atom. The molecular formula is C18H27F3N4O. The van der Waals surface area contributed by atoms with Gasteiger partial charge in [-0.05, 0) is 37.9 Å². The molecule has 0 aliphatic carbocycles. The number of aliphatic imine (C=N–C) groups is 1. The van der Waals surface area contributed by atoms with Crippen LogP contribution in [0.2, 0.25) is 0 Å². The van der Waals surface area contributed by atoms with E-state index in [-0.39, 0.29) is 12.3 Å². The van der Waals surface area contributed by atoms with E-state index >= 15 is 0 Å². The third-order valence-electron chi connectivity index (χ3n) is 4.34. The van der Waals surface area contributed by atoms with Crippen LogP contribution in [0.3, 0.4) is 0 Å². The third-order valence-corrected chi connectivity index (χ3v) is 4.34. The molecule has 1 fully saturated rings. The number of nitrogens with one attached hydrogen (secondary N) is 2. The number of benzene rings is 1. The largest absolute Gasteiger partial charge is 0.573 e. The van der Waals surface area contributed by atoms with Crippen molar-refractivity contribution in [3.63, 3.8) is 0 Å². The average molecular weight is 372 g/mol. The van der Waals surface area contributed by atoms with Crippen LogP contribution in [0.4, 0.5) is 13.2 Å². The van der Waals surface area contributed by atoms with Gasteiger partial charge in [-0.3, -0.25) is 4.99 Å². The summed E-state index contributed by atoms with van der Waals surface area (Å²) in [5, 5.41) is 6.31. The van der Waals surface area contributed by atoms with Crippen molar-refractivity contribution in [2.75, 3.05) is 33.2 Å². The minimum atomic E-state index is -4.71. The van der Waals surface area contributed by atoms with Crippen molar-refractivity contribution in [3.8, 4) is 5.75 Å². The van der Waals surface area contributed by atoms with Gasteiger partial charge in [0.2, 0.25) is 0 Å². The lowest BCUT2D eigenvalue weighted by Gasteiger charge is -2.18. The number of rotatable bonds is 7. The summed E-state index contributed by atoms with van der Waals surface area (Å²) in [5.74, 6) is 0.927. The predicted octanol–water partition coefficient (Wildman–Crippen LogP) is 2.98. The van der Waals surface area contributed by atoms with Gasteiger partial charge in [0.05, 0.1) is 0 Å². The Balaban J connectivity index is 1.82. The molecule has 1 aliphatic rings. The minimum absolute atomic E-state index is 0.193. The van der Waals surface area contributed by atoms with Gasteiger partial charge in [0.25, 0.3) is 0 Å². The molecule has 2 rings (SSSR count). The van der Waals surface area contributed by atoms with E-state index < -0.39 is 6.36 Å². The number of para-hydroxylation sites is 1. The Bertz CT molecular complexity index is 592. The average Bonchev–Trinajstić information content (AvgIpc) is 3.03. The Morgan fingerprint density at radius 2 is 2.08 bits per heavy atom. The normalized spacial score (nSPS) is 18.8. The zero-order valence-electron chi connectivity index (χ0n) is 15.3. The Hall–Kier alpha value is -1.96. The molecule has 0 aromatic heterocycles. The topological polar surface area (TPSA) is 48.9 Å². The molecule has 0 amide bonds. The lowest BCUT2D eigenvalue weighted by Crippen LogP contribution is -2.40. The van der Waals surface area contributed by atoms with E-state index in [9.17, 15) is 13.2 Å². The van der Waals surface area contributed by atoms with Crippen LogP contribution in [0.1, 0.15) is 25.3 Å². The van der Waals surface area contributed by atoms with Crippen LogP contribution in [-0.2, 0) is 6.54 Å². The predicted molar refractivity (Wildman–Crippen MR) is 96.2 cm³/mol. The van der Waals surface area contributed by atoms with Crippen molar-refractivity contribution in [2.45, 2.75) is 32.7 Å². The highest BCUT2D eigenvalue weighted by molar-refractivity contribution is 5.79. The van der Waals surface area contributed by atoms with E-state index in [1.54, 1.807) is 19.2 Å². The summed E-state index contributed by atoms with van der Waals surface area (Å²) in [6, 6.07) is 6.10. The van der Waals surface area contributed by atoms with E-state index in [1.807, 2.05) is 0 Å². The first-order chi connectivity index (χ1) is 12.4. The van der Waals surface area contributed by atoms with Gasteiger partial charge in [-0.1, -0.05) is 25.1 Å². The Labute approximate surface area is 152 Å². The highest BCUT2D eigenvalue weighted by Crippen LogP contribution is 2.26. The molecule has 26 heavy (non-hydrogen) atoms. The monoisotopic (exact) mass is 372 g/mol. The van der Waals surface area contributed by atoms with Gasteiger partial charge in [0.15, 0.2) is 5.96 Å². The standard InChI is InChI=1S/C18H27F3N4O/c1-3-9-25-10-8-14(13-25)11-23-17(22-2)24-12-15-6-4-5-7-16(15)26-18(19,20)21/h4-7,14H,3,8-13H2,1-2H3,(H2,22,23,24). The number of hydrogen-bond acceptors (Lipinski definition) is 3. The summed E-state index contributed by atoms with van der Waals surface area (Å²) in [7, 11) is 1.64. The maximum absolute atomic E-state index is 12.5. The molecule has 0 saturated carbocycles. The van der Waals surface area contributed by atoms with Gasteiger partial charge in [-0.25, -0.2) is 0 Å². The number of nitrogens with zero attached hydrogens (tertiary/aromatic N) is 2. The second-order valence-electron chi connectivity index (χ2n) is 6.42. The summed E-state index contributed by atoms with van der Waals surface area (Å²) >= 11 is 0. The van der Waals surface area contributed by atoms with E-state index in [1.165, 1.54) is 12.1 Å². The van der Waals surface area contributed by atoms with Crippen LogP contribution in [0.15, 0.2) is 29.3 Å². The smallest absolute Gasteiger partial charge is 0.405 e. The zero-order chi connectivity index (χ0) is 19.0. The van der Waals surface area contributed by atoms with Gasteiger partial charge in [-0.2, -0.15) is 0 Å². The van der Waals surface area contributed by atoms with E-state index in [2.05, 4.69) is 32.2 Å². The first kappa shape index (κ1) is 20.4. The highest BCUT2D eigenvalue weighted by Gasteiger charge is 2.32. The van der Waals surface area contributed by atoms with Crippen molar-refractivity contribution in [1.29, 1.82) is 0 Å². The fourth-order valence-corrected chi connectivity index (χ4v) is 3.11. The summed E-state index contributed by atoms with van der Waals surface area (Å²) in [6.45, 7) is 6.48. The number of guanidine groups is 1. The van der Waals surface area contributed by atoms with Crippen molar-refractivity contribution in [3.05, 3.63) is 29.8 Å². The van der Waals surface area contributed by atoms with Crippen molar-refractivity contribution < 1.29 is 17.9 Å². The Morgan fingerprint density at radius 3 is 2.77 bits per heavy atom. The first-order valence-corrected chi connectivity index (χ1v) is 8.91. The van der Waals surface area contributed by atoms with Gasteiger partial charge in [0, 0.05) is 32.2 Å². The van der Waals surface area contributed by atoms with Gasteiger partial charge in [-0.15, -0.1) is 13.2 Å². The van der Waals surface area contributed by atoms with Crippen LogP contribution in [0.5, 0.6) is 5.75 Å². The van der Waals surface area contributed by atoms with Gasteiger partial charge < -0.3 is 20.3 Å². The summed E-state index contributed by atoms with van der Waals surface area (Å²) in [6.07, 6.45) is -2.40.